The van der Waals surface area contributed by atoms with Crippen molar-refractivity contribution in [2.75, 3.05) is 11.5 Å². The van der Waals surface area contributed by atoms with E-state index in [2.05, 4.69) is 47.8 Å². The average Bonchev–Trinajstić information content (AvgIpc) is 3.26. The lowest BCUT2D eigenvalue weighted by Gasteiger charge is -2.29. The van der Waals surface area contributed by atoms with E-state index in [0.717, 1.165) is 12.1 Å². The molecule has 2 fully saturated rings. The Morgan fingerprint density at radius 3 is 2.18 bits per heavy atom. The average molecular weight is 822 g/mol. The zero-order valence-corrected chi connectivity index (χ0v) is 29.0. The van der Waals surface area contributed by atoms with Gasteiger partial charge in [-0.3, -0.25) is 19.3 Å². The van der Waals surface area contributed by atoms with Crippen molar-refractivity contribution in [3.8, 4) is 11.3 Å². The number of Topliss-reactive ketones (excluding diaryl/α,β-unsaturated/α-hetero) is 1. The van der Waals surface area contributed by atoms with Crippen LogP contribution >= 0.6 is 59.4 Å². The SMILES string of the molecule is Cc1c(Cl)c(Br)cc2c(C(=O)OCC(=O)c3ccc(F)cc3)cc(-c3ccc(N4C(=O)C5CC(Br)C(Br)CC5C4=O)cc3)nc12. The van der Waals surface area contributed by atoms with Crippen molar-refractivity contribution in [1.82, 2.24) is 4.98 Å². The van der Waals surface area contributed by atoms with Crippen LogP contribution in [-0.2, 0) is 14.3 Å². The zero-order chi connectivity index (χ0) is 32.2. The monoisotopic (exact) mass is 818 g/mol. The van der Waals surface area contributed by atoms with Crippen LogP contribution in [0.15, 0.2) is 65.1 Å². The van der Waals surface area contributed by atoms with Gasteiger partial charge in [0.25, 0.3) is 0 Å². The molecule has 1 aliphatic carbocycles. The minimum Gasteiger partial charge on any atom is -0.454 e. The van der Waals surface area contributed by atoms with Gasteiger partial charge in [0.1, 0.15) is 5.82 Å². The molecule has 3 aromatic carbocycles. The maximum atomic E-state index is 13.4. The van der Waals surface area contributed by atoms with Crippen LogP contribution < -0.4 is 4.90 Å². The summed E-state index contributed by atoms with van der Waals surface area (Å²) in [5.74, 6) is -2.87. The number of imide groups is 1. The van der Waals surface area contributed by atoms with Crippen molar-refractivity contribution < 1.29 is 28.3 Å². The molecule has 4 atom stereocenters. The Hall–Kier alpha value is -2.99. The van der Waals surface area contributed by atoms with E-state index in [9.17, 15) is 23.6 Å². The molecule has 1 saturated heterocycles. The zero-order valence-electron chi connectivity index (χ0n) is 23.5. The molecule has 6 rings (SSSR count). The van der Waals surface area contributed by atoms with Crippen molar-refractivity contribution >= 4 is 99.5 Å². The number of nitrogens with zero attached hydrogens (tertiary/aromatic N) is 2. The minimum absolute atomic E-state index is 0.108. The molecule has 2 amide bonds. The summed E-state index contributed by atoms with van der Waals surface area (Å²) >= 11 is 17.2. The molecular formula is C33H23Br3ClFN2O5. The molecule has 0 N–H and O–H groups in total. The van der Waals surface area contributed by atoms with Crippen LogP contribution in [0.1, 0.15) is 39.1 Å². The number of ether oxygens (including phenoxy) is 1. The van der Waals surface area contributed by atoms with E-state index < -0.39 is 24.2 Å². The van der Waals surface area contributed by atoms with Gasteiger partial charge in [0, 0.05) is 30.6 Å². The number of carbonyl (C=O) groups is 4. The molecule has 0 bridgehead atoms. The largest absolute Gasteiger partial charge is 0.454 e. The number of alkyl halides is 2. The highest BCUT2D eigenvalue weighted by Crippen LogP contribution is 2.44. The second-order valence-electron chi connectivity index (χ2n) is 11.0. The fourth-order valence-electron chi connectivity index (χ4n) is 5.84. The fourth-order valence-corrected chi connectivity index (χ4v) is 7.74. The van der Waals surface area contributed by atoms with Crippen molar-refractivity contribution in [1.29, 1.82) is 0 Å². The highest BCUT2D eigenvalue weighted by molar-refractivity contribution is 9.12. The topological polar surface area (TPSA) is 93.6 Å². The van der Waals surface area contributed by atoms with Crippen LogP contribution in [0, 0.1) is 24.6 Å². The van der Waals surface area contributed by atoms with Crippen LogP contribution in [0.5, 0.6) is 0 Å². The van der Waals surface area contributed by atoms with Crippen LogP contribution in [0.3, 0.4) is 0 Å². The van der Waals surface area contributed by atoms with Gasteiger partial charge >= 0.3 is 5.97 Å². The first kappa shape index (κ1) is 32.0. The summed E-state index contributed by atoms with van der Waals surface area (Å²) in [6.07, 6.45) is 1.15. The molecule has 0 radical (unpaired) electrons. The van der Waals surface area contributed by atoms with Gasteiger partial charge in [-0.1, -0.05) is 55.6 Å². The Morgan fingerprint density at radius 2 is 1.58 bits per heavy atom. The van der Waals surface area contributed by atoms with Crippen molar-refractivity contribution in [3.05, 3.63) is 92.7 Å². The number of hydrogen-bond acceptors (Lipinski definition) is 6. The summed E-state index contributed by atoms with van der Waals surface area (Å²) < 4.78 is 19.2. The number of amides is 2. The Kier molecular flexibility index (Phi) is 8.99. The lowest BCUT2D eigenvalue weighted by Crippen LogP contribution is -2.34. The third-order valence-electron chi connectivity index (χ3n) is 8.28. The van der Waals surface area contributed by atoms with Crippen molar-refractivity contribution in [2.45, 2.75) is 29.4 Å². The van der Waals surface area contributed by atoms with E-state index in [0.29, 0.717) is 55.7 Å². The van der Waals surface area contributed by atoms with Crippen molar-refractivity contribution in [2.24, 2.45) is 11.8 Å². The molecule has 0 spiro atoms. The summed E-state index contributed by atoms with van der Waals surface area (Å²) in [5, 5.41) is 0.895. The van der Waals surface area contributed by atoms with Gasteiger partial charge in [-0.2, -0.15) is 0 Å². The number of benzene rings is 3. The number of esters is 1. The van der Waals surface area contributed by atoms with Gasteiger partial charge in [0.15, 0.2) is 12.4 Å². The summed E-state index contributed by atoms with van der Waals surface area (Å²) in [7, 11) is 0. The molecule has 2 heterocycles. The Morgan fingerprint density at radius 1 is 0.978 bits per heavy atom. The second kappa shape index (κ2) is 12.7. The lowest BCUT2D eigenvalue weighted by molar-refractivity contribution is -0.122. The highest BCUT2D eigenvalue weighted by atomic mass is 79.9. The van der Waals surface area contributed by atoms with E-state index in [1.807, 2.05) is 0 Å². The molecule has 7 nitrogen and oxygen atoms in total. The third-order valence-corrected chi connectivity index (χ3v) is 12.4. The second-order valence-corrected chi connectivity index (χ2v) is 14.6. The predicted molar refractivity (Wildman–Crippen MR) is 180 cm³/mol. The fraction of sp³-hybridized carbons (Fsp3) is 0.242. The Bertz CT molecular complexity index is 1860. The number of aryl methyl sites for hydroxylation is 1. The van der Waals surface area contributed by atoms with E-state index in [1.54, 1.807) is 43.3 Å². The summed E-state index contributed by atoms with van der Waals surface area (Å²) in [5.41, 5.74) is 2.96. The first-order valence-corrected chi connectivity index (χ1v) is 17.0. The van der Waals surface area contributed by atoms with Gasteiger partial charge in [-0.15, -0.1) is 0 Å². The van der Waals surface area contributed by atoms with Gasteiger partial charge in [-0.25, -0.2) is 14.2 Å². The number of anilines is 1. The summed E-state index contributed by atoms with van der Waals surface area (Å²) in [6, 6.07) is 15.0. The van der Waals surface area contributed by atoms with E-state index in [4.69, 9.17) is 21.3 Å². The van der Waals surface area contributed by atoms with Gasteiger partial charge < -0.3 is 4.74 Å². The molecule has 12 heteroatoms. The predicted octanol–water partition coefficient (Wildman–Crippen LogP) is 8.23. The Balaban J connectivity index is 1.32. The van der Waals surface area contributed by atoms with Gasteiger partial charge in [0.05, 0.1) is 39.3 Å². The Labute approximate surface area is 287 Å². The molecule has 4 unspecified atom stereocenters. The molecule has 1 aliphatic heterocycles. The number of halogens is 5. The quantitative estimate of drug-likeness (QED) is 0.0843. The minimum atomic E-state index is -0.754. The standard InChI is InChI=1S/C33H23Br3ClFN2O5/c1-15-29(37)26(36)10-20-23(33(44)45-14-28(41)17-2-6-18(38)7-3-17)13-27(39-30(15)20)16-4-8-19(9-5-16)40-31(42)21-11-24(34)25(35)12-22(21)32(40)43/h2-10,13,21-22,24-25H,11-12,14H2,1H3. The maximum Gasteiger partial charge on any atom is 0.339 e. The number of ketones is 1. The first-order valence-electron chi connectivity index (χ1n) is 14.0. The normalized spacial score (nSPS) is 21.2. The lowest BCUT2D eigenvalue weighted by atomic mass is 9.81. The molecule has 45 heavy (non-hydrogen) atoms. The molecule has 2 aliphatic rings. The van der Waals surface area contributed by atoms with Crippen LogP contribution in [0.25, 0.3) is 22.2 Å². The van der Waals surface area contributed by atoms with E-state index in [1.165, 1.54) is 17.0 Å². The van der Waals surface area contributed by atoms with Gasteiger partial charge in [-0.05, 0) is 89.8 Å². The molecule has 230 valence electrons. The summed E-state index contributed by atoms with van der Waals surface area (Å²) in [4.78, 5) is 58.9. The third kappa shape index (κ3) is 6.00. The van der Waals surface area contributed by atoms with Crippen LogP contribution in [-0.4, -0.2) is 44.8 Å². The van der Waals surface area contributed by atoms with Crippen LogP contribution in [0.2, 0.25) is 5.02 Å². The summed E-state index contributed by atoms with van der Waals surface area (Å²) in [6.45, 7) is 1.24. The van der Waals surface area contributed by atoms with Crippen molar-refractivity contribution in [3.63, 3.8) is 0 Å². The number of pyridine rings is 1. The maximum absolute atomic E-state index is 13.4. The number of aromatic nitrogens is 1. The molecule has 1 aromatic heterocycles. The first-order chi connectivity index (χ1) is 21.4. The van der Waals surface area contributed by atoms with E-state index in [-0.39, 0.29) is 44.4 Å². The number of carbonyl (C=O) groups excluding carboxylic acids is 4. The molecule has 1 saturated carbocycles. The van der Waals surface area contributed by atoms with Gasteiger partial charge in [0.2, 0.25) is 11.8 Å². The van der Waals surface area contributed by atoms with Crippen LogP contribution in [0.4, 0.5) is 10.1 Å². The van der Waals surface area contributed by atoms with E-state index >= 15 is 0 Å². The molecular weight excluding hydrogens is 799 g/mol. The molecule has 4 aromatic rings. The number of rotatable bonds is 6. The number of hydrogen-bond donors (Lipinski definition) is 0. The highest BCUT2D eigenvalue weighted by Gasteiger charge is 2.52. The number of fused-ring (bicyclic) bond motifs is 2. The smallest absolute Gasteiger partial charge is 0.339 e.